The molecule has 0 aromatic heterocycles. The van der Waals surface area contributed by atoms with Crippen LogP contribution in [0.3, 0.4) is 0 Å². The molecule has 0 spiro atoms. The molecule has 0 aromatic carbocycles. The normalized spacial score (nSPS) is 39.0. The van der Waals surface area contributed by atoms with Crippen molar-refractivity contribution >= 4 is 12.4 Å². The third-order valence-corrected chi connectivity index (χ3v) is 2.56. The SMILES string of the molecule is O=COC1CCC2CC1OC2=O. The highest BCUT2D eigenvalue weighted by Crippen LogP contribution is 2.35. The van der Waals surface area contributed by atoms with Crippen LogP contribution >= 0.6 is 0 Å². The van der Waals surface area contributed by atoms with Gasteiger partial charge in [0.05, 0.1) is 5.92 Å². The zero-order valence-corrected chi connectivity index (χ0v) is 6.56. The Morgan fingerprint density at radius 3 is 3.08 bits per heavy atom. The van der Waals surface area contributed by atoms with Crippen LogP contribution in [0.2, 0.25) is 0 Å². The van der Waals surface area contributed by atoms with Crippen molar-refractivity contribution in [1.82, 2.24) is 0 Å². The summed E-state index contributed by atoms with van der Waals surface area (Å²) < 4.78 is 9.83. The van der Waals surface area contributed by atoms with Gasteiger partial charge in [-0.1, -0.05) is 0 Å². The molecular weight excluding hydrogens is 160 g/mol. The smallest absolute Gasteiger partial charge is 0.309 e. The molecule has 12 heavy (non-hydrogen) atoms. The molecule has 3 unspecified atom stereocenters. The molecule has 4 nitrogen and oxygen atoms in total. The number of rotatable bonds is 2. The fourth-order valence-electron chi connectivity index (χ4n) is 1.91. The van der Waals surface area contributed by atoms with Crippen LogP contribution in [0.25, 0.3) is 0 Å². The van der Waals surface area contributed by atoms with Gasteiger partial charge in [0, 0.05) is 6.42 Å². The minimum absolute atomic E-state index is 0.0569. The highest BCUT2D eigenvalue weighted by molar-refractivity contribution is 5.75. The molecule has 1 saturated carbocycles. The Kier molecular flexibility index (Phi) is 1.75. The van der Waals surface area contributed by atoms with Gasteiger partial charge in [0.15, 0.2) is 0 Å². The summed E-state index contributed by atoms with van der Waals surface area (Å²) >= 11 is 0. The molecule has 0 amide bonds. The van der Waals surface area contributed by atoms with Crippen molar-refractivity contribution in [3.63, 3.8) is 0 Å². The molecule has 2 rings (SSSR count). The first-order valence-corrected chi connectivity index (χ1v) is 4.11. The maximum atomic E-state index is 11.0. The van der Waals surface area contributed by atoms with Crippen LogP contribution in [0.4, 0.5) is 0 Å². The van der Waals surface area contributed by atoms with E-state index in [2.05, 4.69) is 0 Å². The number of hydrogen-bond acceptors (Lipinski definition) is 4. The maximum absolute atomic E-state index is 11.0. The molecule has 2 bridgehead atoms. The largest absolute Gasteiger partial charge is 0.461 e. The summed E-state index contributed by atoms with van der Waals surface area (Å²) in [6, 6.07) is 0. The summed E-state index contributed by atoms with van der Waals surface area (Å²) in [6.45, 7) is 0.428. The van der Waals surface area contributed by atoms with Crippen molar-refractivity contribution in [3.8, 4) is 0 Å². The Morgan fingerprint density at radius 1 is 1.50 bits per heavy atom. The van der Waals surface area contributed by atoms with Crippen molar-refractivity contribution in [2.45, 2.75) is 31.5 Å². The number of ether oxygens (including phenoxy) is 2. The van der Waals surface area contributed by atoms with Crippen LogP contribution in [0.1, 0.15) is 19.3 Å². The lowest BCUT2D eigenvalue weighted by molar-refractivity contribution is -0.151. The summed E-state index contributed by atoms with van der Waals surface area (Å²) in [7, 11) is 0. The monoisotopic (exact) mass is 170 g/mol. The van der Waals surface area contributed by atoms with Crippen LogP contribution in [0, 0.1) is 5.92 Å². The quantitative estimate of drug-likeness (QED) is 0.440. The van der Waals surface area contributed by atoms with Gasteiger partial charge in [-0.25, -0.2) is 0 Å². The third kappa shape index (κ3) is 1.07. The van der Waals surface area contributed by atoms with E-state index in [4.69, 9.17) is 9.47 Å². The highest BCUT2D eigenvalue weighted by atomic mass is 16.6. The van der Waals surface area contributed by atoms with Crippen molar-refractivity contribution < 1.29 is 19.1 Å². The summed E-state index contributed by atoms with van der Waals surface area (Å²) in [5.41, 5.74) is 0. The van der Waals surface area contributed by atoms with Gasteiger partial charge in [-0.2, -0.15) is 0 Å². The van der Waals surface area contributed by atoms with E-state index < -0.39 is 0 Å². The first kappa shape index (κ1) is 7.58. The second-order valence-electron chi connectivity index (χ2n) is 3.26. The average Bonchev–Trinajstić information content (AvgIpc) is 2.35. The number of carbonyl (C=O) groups is 2. The third-order valence-electron chi connectivity index (χ3n) is 2.56. The summed E-state index contributed by atoms with van der Waals surface area (Å²) in [4.78, 5) is 21.1. The Balaban J connectivity index is 2.03. The fraction of sp³-hybridized carbons (Fsp3) is 0.750. The average molecular weight is 170 g/mol. The van der Waals surface area contributed by atoms with Gasteiger partial charge in [0.2, 0.25) is 0 Å². The summed E-state index contributed by atoms with van der Waals surface area (Å²) in [5, 5.41) is 0. The lowest BCUT2D eigenvalue weighted by atomic mass is 9.88. The zero-order chi connectivity index (χ0) is 8.55. The number of esters is 1. The second-order valence-corrected chi connectivity index (χ2v) is 3.26. The Hall–Kier alpha value is -1.06. The van der Waals surface area contributed by atoms with E-state index in [0.29, 0.717) is 6.47 Å². The van der Waals surface area contributed by atoms with Crippen molar-refractivity contribution in [1.29, 1.82) is 0 Å². The van der Waals surface area contributed by atoms with E-state index in [1.807, 2.05) is 0 Å². The lowest BCUT2D eigenvalue weighted by Crippen LogP contribution is -2.31. The van der Waals surface area contributed by atoms with Crippen LogP contribution in [-0.4, -0.2) is 24.6 Å². The van der Waals surface area contributed by atoms with Gasteiger partial charge in [-0.05, 0) is 12.8 Å². The van der Waals surface area contributed by atoms with Gasteiger partial charge >= 0.3 is 5.97 Å². The standard InChI is InChI=1S/C8H10O4/c9-4-11-6-2-1-5-3-7(6)12-8(5)10/h4-7H,1-3H2. The molecule has 66 valence electrons. The van der Waals surface area contributed by atoms with Gasteiger partial charge in [-0.3, -0.25) is 9.59 Å². The van der Waals surface area contributed by atoms with E-state index in [-0.39, 0.29) is 24.1 Å². The minimum atomic E-state index is -0.204. The van der Waals surface area contributed by atoms with Crippen molar-refractivity contribution in [2.75, 3.05) is 0 Å². The van der Waals surface area contributed by atoms with E-state index in [1.54, 1.807) is 0 Å². The molecule has 0 aromatic rings. The molecule has 2 fully saturated rings. The van der Waals surface area contributed by atoms with Gasteiger partial charge in [0.1, 0.15) is 12.2 Å². The van der Waals surface area contributed by atoms with E-state index in [0.717, 1.165) is 19.3 Å². The Morgan fingerprint density at radius 2 is 2.33 bits per heavy atom. The minimum Gasteiger partial charge on any atom is -0.461 e. The van der Waals surface area contributed by atoms with Crippen LogP contribution < -0.4 is 0 Å². The van der Waals surface area contributed by atoms with Crippen LogP contribution in [-0.2, 0) is 19.1 Å². The van der Waals surface area contributed by atoms with Crippen LogP contribution in [0.15, 0.2) is 0 Å². The van der Waals surface area contributed by atoms with E-state index in [9.17, 15) is 9.59 Å². The van der Waals surface area contributed by atoms with Gasteiger partial charge in [0.25, 0.3) is 6.47 Å². The van der Waals surface area contributed by atoms with E-state index in [1.165, 1.54) is 0 Å². The Bertz CT molecular complexity index is 213. The summed E-state index contributed by atoms with van der Waals surface area (Å²) in [6.07, 6.45) is 1.87. The predicted octanol–water partition coefficient (Wildman–Crippen LogP) is 0.254. The first-order chi connectivity index (χ1) is 5.81. The predicted molar refractivity (Wildman–Crippen MR) is 38.2 cm³/mol. The van der Waals surface area contributed by atoms with Crippen LogP contribution in [0.5, 0.6) is 0 Å². The maximum Gasteiger partial charge on any atom is 0.309 e. The molecule has 1 aliphatic carbocycles. The summed E-state index contributed by atoms with van der Waals surface area (Å²) in [5.74, 6) is -0.0708. The number of hydrogen-bond donors (Lipinski definition) is 0. The van der Waals surface area contributed by atoms with Crippen molar-refractivity contribution in [2.24, 2.45) is 5.92 Å². The molecule has 0 radical (unpaired) electrons. The first-order valence-electron chi connectivity index (χ1n) is 4.11. The number of carbonyl (C=O) groups excluding carboxylic acids is 2. The zero-order valence-electron chi connectivity index (χ0n) is 6.56. The molecule has 4 heteroatoms. The van der Waals surface area contributed by atoms with Gasteiger partial charge in [-0.15, -0.1) is 0 Å². The molecule has 2 aliphatic rings. The Labute approximate surface area is 69.8 Å². The molecular formula is C8H10O4. The van der Waals surface area contributed by atoms with E-state index >= 15 is 0 Å². The lowest BCUT2D eigenvalue weighted by Gasteiger charge is -2.23. The fourth-order valence-corrected chi connectivity index (χ4v) is 1.91. The highest BCUT2D eigenvalue weighted by Gasteiger charge is 2.44. The molecule has 1 heterocycles. The molecule has 3 atom stereocenters. The molecule has 1 saturated heterocycles. The molecule has 0 N–H and O–H groups in total. The second kappa shape index (κ2) is 2.77. The topological polar surface area (TPSA) is 52.6 Å². The molecule has 1 aliphatic heterocycles. The number of fused-ring (bicyclic) bond motifs is 2. The van der Waals surface area contributed by atoms with Crippen molar-refractivity contribution in [3.05, 3.63) is 0 Å². The van der Waals surface area contributed by atoms with Gasteiger partial charge < -0.3 is 9.47 Å².